The first-order valence-electron chi connectivity index (χ1n) is 0. The van der Waals surface area contributed by atoms with Gasteiger partial charge in [0.25, 0.3) is 0 Å². The van der Waals surface area contributed by atoms with Crippen LogP contribution >= 0.6 is 0 Å². The second kappa shape index (κ2) is 323. The molecule has 5 N–H and O–H groups in total. The second-order valence-corrected chi connectivity index (χ2v) is 0. The van der Waals surface area contributed by atoms with E-state index in [9.17, 15) is 0 Å². The van der Waals surface area contributed by atoms with Gasteiger partial charge in [-0.1, -0.05) is 0 Å². The van der Waals surface area contributed by atoms with Crippen LogP contribution in [0, 0.1) is 0 Å². The van der Waals surface area contributed by atoms with Crippen molar-refractivity contribution in [3.8, 4) is 0 Å². The summed E-state index contributed by atoms with van der Waals surface area (Å²) in [7, 11) is 0. The standard InChI is InChI=1S/Al.Mn.5H2O/h;;5*1H2/q+3;+2;;;;;/p-5. The molecule has 0 saturated heterocycles. The van der Waals surface area contributed by atoms with Gasteiger partial charge in [-0.2, -0.15) is 0 Å². The number of hydrogen-bond donors (Lipinski definition) is 0. The molecular formula is H5AlMnO5. The molecule has 0 bridgehead atoms. The molecule has 0 aliphatic heterocycles. The Bertz CT molecular complexity index is 8.04. The predicted molar refractivity (Wildman–Crippen MR) is 15.4 cm³/mol. The van der Waals surface area contributed by atoms with Crippen LogP contribution in [0.5, 0.6) is 0 Å². The molecule has 0 atom stereocenters. The largest absolute Gasteiger partial charge is 3.00 e. The minimum absolute atomic E-state index is 0. The predicted octanol–water partition coefficient (Wildman–Crippen LogP) is -1.27. The van der Waals surface area contributed by atoms with Gasteiger partial charge >= 0.3 is 34.4 Å². The van der Waals surface area contributed by atoms with Gasteiger partial charge in [0.2, 0.25) is 0 Å². The zero-order chi connectivity index (χ0) is 0. The molecule has 45 valence electrons. The first-order chi connectivity index (χ1) is 0. The molecule has 5 nitrogen and oxygen atoms in total. The van der Waals surface area contributed by atoms with Crippen LogP contribution in [0.1, 0.15) is 0 Å². The van der Waals surface area contributed by atoms with Crippen molar-refractivity contribution in [3.63, 3.8) is 0 Å². The summed E-state index contributed by atoms with van der Waals surface area (Å²) in [6.07, 6.45) is 0. The molecule has 0 heterocycles. The molecule has 0 unspecified atom stereocenters. The number of hydrogen-bond acceptors (Lipinski definition) is 5. The monoisotopic (exact) mass is 167 g/mol. The average molecular weight is 167 g/mol. The maximum atomic E-state index is 0. The normalized spacial score (nSPS) is 0. The van der Waals surface area contributed by atoms with E-state index in [1.807, 2.05) is 0 Å². The zero-order valence-corrected chi connectivity index (χ0v) is 5.53. The third-order valence-electron chi connectivity index (χ3n) is 0. The summed E-state index contributed by atoms with van der Waals surface area (Å²) < 4.78 is 0. The summed E-state index contributed by atoms with van der Waals surface area (Å²) in [5.74, 6) is 0. The SMILES string of the molecule is [Al+3].[Mn+2].[OH-].[OH-].[OH-].[OH-].[OH-]. The average Bonchev–Trinajstić information content (AvgIpc) is 0. The maximum Gasteiger partial charge on any atom is 3.00 e. The Morgan fingerprint density at radius 3 is 0.429 bits per heavy atom. The fourth-order valence-corrected chi connectivity index (χ4v) is 0. The molecule has 7 heavy (non-hydrogen) atoms. The van der Waals surface area contributed by atoms with E-state index in [1.165, 1.54) is 0 Å². The van der Waals surface area contributed by atoms with E-state index in [0.717, 1.165) is 0 Å². The maximum absolute atomic E-state index is 0. The van der Waals surface area contributed by atoms with E-state index >= 15 is 0 Å². The summed E-state index contributed by atoms with van der Waals surface area (Å²) in [5.41, 5.74) is 0. The van der Waals surface area contributed by atoms with Crippen molar-refractivity contribution in [3.05, 3.63) is 0 Å². The molecule has 0 spiro atoms. The molecule has 0 aliphatic carbocycles. The van der Waals surface area contributed by atoms with E-state index in [1.54, 1.807) is 0 Å². The molecule has 0 aromatic carbocycles. The first kappa shape index (κ1) is 508. The van der Waals surface area contributed by atoms with Crippen LogP contribution in [0.4, 0.5) is 0 Å². The van der Waals surface area contributed by atoms with E-state index in [-0.39, 0.29) is 61.8 Å². The zero-order valence-electron chi connectivity index (χ0n) is 3.19. The summed E-state index contributed by atoms with van der Waals surface area (Å²) >= 11 is 0. The van der Waals surface area contributed by atoms with Gasteiger partial charge < -0.3 is 27.4 Å². The van der Waals surface area contributed by atoms with Gasteiger partial charge in [0.1, 0.15) is 0 Å². The molecule has 0 aromatic heterocycles. The van der Waals surface area contributed by atoms with E-state index in [2.05, 4.69) is 0 Å². The number of rotatable bonds is 0. The summed E-state index contributed by atoms with van der Waals surface area (Å²) in [4.78, 5) is 0. The van der Waals surface area contributed by atoms with Crippen molar-refractivity contribution < 1.29 is 44.4 Å². The van der Waals surface area contributed by atoms with Crippen molar-refractivity contribution in [2.45, 2.75) is 0 Å². The molecular weight excluding hydrogens is 162 g/mol. The minimum Gasteiger partial charge on any atom is -0.870 e. The molecule has 0 aliphatic rings. The van der Waals surface area contributed by atoms with Crippen molar-refractivity contribution in [1.29, 1.82) is 0 Å². The van der Waals surface area contributed by atoms with Gasteiger partial charge in [-0.15, -0.1) is 0 Å². The first-order valence-corrected chi connectivity index (χ1v) is 0. The van der Waals surface area contributed by atoms with Crippen LogP contribution in [-0.4, -0.2) is 44.7 Å². The molecule has 0 saturated carbocycles. The molecule has 0 aromatic rings. The second-order valence-electron chi connectivity index (χ2n) is 0. The van der Waals surface area contributed by atoms with Gasteiger partial charge in [0.15, 0.2) is 0 Å². The Labute approximate surface area is 62.2 Å². The van der Waals surface area contributed by atoms with Crippen LogP contribution in [0.25, 0.3) is 0 Å². The van der Waals surface area contributed by atoms with Crippen LogP contribution in [-0.2, 0) is 17.1 Å². The van der Waals surface area contributed by atoms with Crippen LogP contribution < -0.4 is 0 Å². The van der Waals surface area contributed by atoms with E-state index in [4.69, 9.17) is 0 Å². The van der Waals surface area contributed by atoms with E-state index < -0.39 is 0 Å². The Balaban J connectivity index is 0. The van der Waals surface area contributed by atoms with E-state index in [0.29, 0.717) is 0 Å². The third-order valence-corrected chi connectivity index (χ3v) is 0. The fourth-order valence-electron chi connectivity index (χ4n) is 0. The quantitative estimate of drug-likeness (QED) is 0.412. The molecule has 0 amide bonds. The molecule has 0 fully saturated rings. The summed E-state index contributed by atoms with van der Waals surface area (Å²) in [6.45, 7) is 0. The Morgan fingerprint density at radius 2 is 0.429 bits per heavy atom. The van der Waals surface area contributed by atoms with Crippen molar-refractivity contribution in [2.75, 3.05) is 0 Å². The molecule has 0 rings (SSSR count). The Hall–Kier alpha value is 0.852. The van der Waals surface area contributed by atoms with Crippen molar-refractivity contribution in [1.82, 2.24) is 0 Å². The molecule has 7 heteroatoms. The third kappa shape index (κ3) is 222. The topological polar surface area (TPSA) is 150 Å². The molecule has 1 radical (unpaired) electrons. The van der Waals surface area contributed by atoms with Gasteiger partial charge in [0, 0.05) is 0 Å². The van der Waals surface area contributed by atoms with Crippen molar-refractivity contribution >= 4 is 17.4 Å². The van der Waals surface area contributed by atoms with Crippen LogP contribution in [0.2, 0.25) is 0 Å². The summed E-state index contributed by atoms with van der Waals surface area (Å²) in [6, 6.07) is 0. The van der Waals surface area contributed by atoms with Gasteiger partial charge in [-0.05, 0) is 0 Å². The van der Waals surface area contributed by atoms with Gasteiger partial charge in [0.05, 0.1) is 0 Å². The smallest absolute Gasteiger partial charge is 0.870 e. The van der Waals surface area contributed by atoms with Gasteiger partial charge in [-0.3, -0.25) is 0 Å². The van der Waals surface area contributed by atoms with Crippen LogP contribution in [0.15, 0.2) is 0 Å². The minimum atomic E-state index is 0. The Kier molecular flexibility index (Phi) is 23500. The van der Waals surface area contributed by atoms with Crippen molar-refractivity contribution in [2.24, 2.45) is 0 Å². The van der Waals surface area contributed by atoms with Gasteiger partial charge in [-0.25, -0.2) is 0 Å². The fraction of sp³-hybridized carbons (Fsp3) is 0. The Morgan fingerprint density at radius 1 is 0.429 bits per heavy atom. The summed E-state index contributed by atoms with van der Waals surface area (Å²) in [5, 5.41) is 0. The van der Waals surface area contributed by atoms with Crippen LogP contribution in [0.3, 0.4) is 0 Å².